The molecular weight excluding hydrogens is 216 g/mol. The average Bonchev–Trinajstić information content (AvgIpc) is 2.97. The number of fused-ring (bicyclic) bond motifs is 1. The summed E-state index contributed by atoms with van der Waals surface area (Å²) < 4.78 is 0. The number of nitrogens with zero attached hydrogens (tertiary/aromatic N) is 1. The van der Waals surface area contributed by atoms with Gasteiger partial charge in [0.2, 0.25) is 0 Å². The SMILES string of the molecule is C1CSC(CNC2CCN3CCCC3C2)C1. The zero-order valence-electron chi connectivity index (χ0n) is 10.2. The third-order valence-corrected chi connectivity index (χ3v) is 5.88. The van der Waals surface area contributed by atoms with E-state index >= 15 is 0 Å². The number of thioether (sulfide) groups is 1. The van der Waals surface area contributed by atoms with E-state index in [1.807, 2.05) is 0 Å². The van der Waals surface area contributed by atoms with Crippen LogP contribution < -0.4 is 5.32 Å². The standard InChI is InChI=1S/C13H24N2S/c1-3-12-9-11(5-7-15(12)6-1)14-10-13-4-2-8-16-13/h11-14H,1-10H2. The van der Waals surface area contributed by atoms with Gasteiger partial charge in [0.05, 0.1) is 0 Å². The molecule has 0 radical (unpaired) electrons. The van der Waals surface area contributed by atoms with Gasteiger partial charge in [-0.25, -0.2) is 0 Å². The fourth-order valence-electron chi connectivity index (χ4n) is 3.51. The molecule has 3 heterocycles. The maximum atomic E-state index is 3.83. The van der Waals surface area contributed by atoms with E-state index in [1.54, 1.807) is 0 Å². The number of nitrogens with one attached hydrogen (secondary N) is 1. The number of hydrogen-bond acceptors (Lipinski definition) is 3. The second-order valence-corrected chi connectivity index (χ2v) is 7.00. The lowest BCUT2D eigenvalue weighted by atomic mass is 9.97. The molecule has 0 aliphatic carbocycles. The highest BCUT2D eigenvalue weighted by molar-refractivity contribution is 8.00. The maximum Gasteiger partial charge on any atom is 0.0172 e. The summed E-state index contributed by atoms with van der Waals surface area (Å²) in [5.74, 6) is 1.40. The molecule has 3 atom stereocenters. The first-order chi connectivity index (χ1) is 7.92. The maximum absolute atomic E-state index is 3.83. The van der Waals surface area contributed by atoms with Gasteiger partial charge in [0, 0.05) is 23.9 Å². The Kier molecular flexibility index (Phi) is 3.75. The molecular formula is C13H24N2S. The summed E-state index contributed by atoms with van der Waals surface area (Å²) in [6, 6.07) is 1.74. The molecule has 1 N–H and O–H groups in total. The van der Waals surface area contributed by atoms with Gasteiger partial charge in [0.15, 0.2) is 0 Å². The topological polar surface area (TPSA) is 15.3 Å². The smallest absolute Gasteiger partial charge is 0.0172 e. The summed E-state index contributed by atoms with van der Waals surface area (Å²) >= 11 is 2.18. The minimum atomic E-state index is 0.820. The Hall–Kier alpha value is 0.270. The third kappa shape index (κ3) is 2.57. The van der Waals surface area contributed by atoms with Crippen LogP contribution in [0.15, 0.2) is 0 Å². The monoisotopic (exact) mass is 240 g/mol. The van der Waals surface area contributed by atoms with Gasteiger partial charge in [-0.05, 0) is 57.4 Å². The predicted molar refractivity (Wildman–Crippen MR) is 71.1 cm³/mol. The van der Waals surface area contributed by atoms with Crippen molar-refractivity contribution in [1.82, 2.24) is 10.2 Å². The molecule has 3 unspecified atom stereocenters. The molecule has 0 aromatic heterocycles. The minimum absolute atomic E-state index is 0.820. The fourth-order valence-corrected chi connectivity index (χ4v) is 4.73. The van der Waals surface area contributed by atoms with Crippen LogP contribution in [0.5, 0.6) is 0 Å². The molecule has 3 rings (SSSR count). The van der Waals surface area contributed by atoms with Crippen LogP contribution in [-0.4, -0.2) is 47.6 Å². The van der Waals surface area contributed by atoms with E-state index in [0.717, 1.165) is 17.3 Å². The zero-order valence-corrected chi connectivity index (χ0v) is 11.0. The molecule has 0 bridgehead atoms. The summed E-state index contributed by atoms with van der Waals surface area (Å²) in [5.41, 5.74) is 0. The summed E-state index contributed by atoms with van der Waals surface area (Å²) in [6.07, 6.45) is 8.58. The van der Waals surface area contributed by atoms with Crippen molar-refractivity contribution >= 4 is 11.8 Å². The van der Waals surface area contributed by atoms with Gasteiger partial charge in [-0.3, -0.25) is 0 Å². The molecule has 3 aliphatic heterocycles. The van der Waals surface area contributed by atoms with Crippen LogP contribution in [0, 0.1) is 0 Å². The van der Waals surface area contributed by atoms with Crippen molar-refractivity contribution < 1.29 is 0 Å². The van der Waals surface area contributed by atoms with Gasteiger partial charge < -0.3 is 10.2 Å². The Morgan fingerprint density at radius 2 is 2.12 bits per heavy atom. The third-order valence-electron chi connectivity index (χ3n) is 4.48. The number of hydrogen-bond donors (Lipinski definition) is 1. The largest absolute Gasteiger partial charge is 0.313 e. The Morgan fingerprint density at radius 3 is 3.00 bits per heavy atom. The van der Waals surface area contributed by atoms with Crippen molar-refractivity contribution in [3.63, 3.8) is 0 Å². The second kappa shape index (κ2) is 5.28. The van der Waals surface area contributed by atoms with Crippen molar-refractivity contribution in [3.05, 3.63) is 0 Å². The molecule has 0 aromatic carbocycles. The van der Waals surface area contributed by atoms with Crippen LogP contribution >= 0.6 is 11.8 Å². The quantitative estimate of drug-likeness (QED) is 0.813. The van der Waals surface area contributed by atoms with E-state index in [9.17, 15) is 0 Å². The normalized spacial score (nSPS) is 40.1. The molecule has 3 fully saturated rings. The average molecular weight is 240 g/mol. The van der Waals surface area contributed by atoms with Gasteiger partial charge in [-0.15, -0.1) is 0 Å². The minimum Gasteiger partial charge on any atom is -0.313 e. The summed E-state index contributed by atoms with van der Waals surface area (Å²) in [4.78, 5) is 2.71. The summed E-state index contributed by atoms with van der Waals surface area (Å²) in [7, 11) is 0. The molecule has 0 saturated carbocycles. The van der Waals surface area contributed by atoms with E-state index in [0.29, 0.717) is 0 Å². The van der Waals surface area contributed by atoms with Crippen LogP contribution in [-0.2, 0) is 0 Å². The van der Waals surface area contributed by atoms with E-state index in [4.69, 9.17) is 0 Å². The molecule has 3 saturated heterocycles. The summed E-state index contributed by atoms with van der Waals surface area (Å²) in [6.45, 7) is 3.98. The van der Waals surface area contributed by atoms with Gasteiger partial charge in [-0.2, -0.15) is 11.8 Å². The Morgan fingerprint density at radius 1 is 1.12 bits per heavy atom. The Balaban J connectivity index is 1.42. The lowest BCUT2D eigenvalue weighted by Gasteiger charge is -2.35. The van der Waals surface area contributed by atoms with Crippen molar-refractivity contribution in [3.8, 4) is 0 Å². The fraction of sp³-hybridized carbons (Fsp3) is 1.00. The first-order valence-corrected chi connectivity index (χ1v) is 8.06. The van der Waals surface area contributed by atoms with Crippen molar-refractivity contribution in [2.45, 2.75) is 55.9 Å². The van der Waals surface area contributed by atoms with Gasteiger partial charge in [0.1, 0.15) is 0 Å². The van der Waals surface area contributed by atoms with E-state index in [1.165, 1.54) is 63.9 Å². The van der Waals surface area contributed by atoms with Crippen molar-refractivity contribution in [1.29, 1.82) is 0 Å². The molecule has 3 heteroatoms. The Labute approximate surface area is 104 Å². The van der Waals surface area contributed by atoms with E-state index < -0.39 is 0 Å². The van der Waals surface area contributed by atoms with Crippen LogP contribution in [0.1, 0.15) is 38.5 Å². The number of rotatable bonds is 3. The molecule has 0 spiro atoms. The van der Waals surface area contributed by atoms with Crippen molar-refractivity contribution in [2.24, 2.45) is 0 Å². The molecule has 0 amide bonds. The van der Waals surface area contributed by atoms with Gasteiger partial charge in [-0.1, -0.05) is 0 Å². The first-order valence-electron chi connectivity index (χ1n) is 7.01. The van der Waals surface area contributed by atoms with Crippen LogP contribution in [0.2, 0.25) is 0 Å². The highest BCUT2D eigenvalue weighted by Gasteiger charge is 2.31. The second-order valence-electron chi connectivity index (χ2n) is 5.60. The van der Waals surface area contributed by atoms with Crippen molar-refractivity contribution in [2.75, 3.05) is 25.4 Å². The predicted octanol–water partition coefficient (Wildman–Crippen LogP) is 2.10. The highest BCUT2D eigenvalue weighted by atomic mass is 32.2. The Bertz CT molecular complexity index is 228. The van der Waals surface area contributed by atoms with Crippen LogP contribution in [0.3, 0.4) is 0 Å². The van der Waals surface area contributed by atoms with Crippen LogP contribution in [0.4, 0.5) is 0 Å². The molecule has 0 aromatic rings. The highest BCUT2D eigenvalue weighted by Crippen LogP contribution is 2.28. The molecule has 16 heavy (non-hydrogen) atoms. The molecule has 3 aliphatic rings. The molecule has 2 nitrogen and oxygen atoms in total. The van der Waals surface area contributed by atoms with Gasteiger partial charge >= 0.3 is 0 Å². The first kappa shape index (κ1) is 11.4. The summed E-state index contributed by atoms with van der Waals surface area (Å²) in [5, 5.41) is 4.75. The van der Waals surface area contributed by atoms with E-state index in [2.05, 4.69) is 22.0 Å². The molecule has 92 valence electrons. The van der Waals surface area contributed by atoms with E-state index in [-0.39, 0.29) is 0 Å². The zero-order chi connectivity index (χ0) is 10.8. The lowest BCUT2D eigenvalue weighted by Crippen LogP contribution is -2.46. The lowest BCUT2D eigenvalue weighted by molar-refractivity contribution is 0.167. The van der Waals surface area contributed by atoms with Gasteiger partial charge in [0.25, 0.3) is 0 Å². The number of piperidine rings is 1. The van der Waals surface area contributed by atoms with Crippen LogP contribution in [0.25, 0.3) is 0 Å².